The molecule has 0 saturated heterocycles. The molecule has 12 heteroatoms. The predicted molar refractivity (Wildman–Crippen MR) is 139 cm³/mol. The molecule has 1 aromatic carbocycles. The number of unbranched alkanes of at least 4 members (excludes halogenated alkanes) is 1. The van der Waals surface area contributed by atoms with Gasteiger partial charge in [0.2, 0.25) is 5.91 Å². The van der Waals surface area contributed by atoms with Crippen LogP contribution in [0.15, 0.2) is 24.3 Å². The van der Waals surface area contributed by atoms with E-state index in [0.717, 1.165) is 12.8 Å². The zero-order valence-corrected chi connectivity index (χ0v) is 23.2. The molecule has 222 valence electrons. The van der Waals surface area contributed by atoms with Crippen LogP contribution in [0.4, 0.5) is 13.2 Å². The lowest BCUT2D eigenvalue weighted by Gasteiger charge is -2.32. The van der Waals surface area contributed by atoms with Crippen molar-refractivity contribution in [1.29, 1.82) is 0 Å². The van der Waals surface area contributed by atoms with Gasteiger partial charge in [0.1, 0.15) is 5.75 Å². The molecule has 2 amide bonds. The number of nitrogens with two attached hydrogens (primary N) is 1. The summed E-state index contributed by atoms with van der Waals surface area (Å²) < 4.78 is 38.9. The second-order valence-corrected chi connectivity index (χ2v) is 10.5. The number of nitrogens with zero attached hydrogens (tertiary/aromatic N) is 1. The number of phenolic OH excluding ortho intramolecular Hbond substituents is 1. The average molecular weight is 562 g/mol. The normalized spacial score (nSPS) is 15.0. The highest BCUT2D eigenvalue weighted by molar-refractivity contribution is 5.97. The average Bonchev–Trinajstić information content (AvgIpc) is 2.84. The van der Waals surface area contributed by atoms with E-state index in [9.17, 15) is 37.8 Å². The maximum Gasteiger partial charge on any atom is 0.493 e. The molecule has 1 aromatic rings. The molecule has 0 aliphatic rings. The molecule has 1 rings (SSSR count). The maximum absolute atomic E-state index is 13.0. The Morgan fingerprint density at radius 2 is 1.69 bits per heavy atom. The standard InChI is InChI=1S/C27H42F3N3O6/c1-6-7-12-32-24(36)20(17(4)5)14-23(35)21(31)13-18(16(2)3)15-33(39-26(38)27(28,29)30)25(37)19-10-8-9-11-22(19)34/h8-11,16-18,20-21,23,34-35H,6-7,12-15,31H2,1-5H3,(H,32,36)/t18-,20+,21+,23+/m1/s1. The summed E-state index contributed by atoms with van der Waals surface area (Å²) in [5.41, 5.74) is 5.92. The Morgan fingerprint density at radius 1 is 1.08 bits per heavy atom. The molecule has 39 heavy (non-hydrogen) atoms. The minimum Gasteiger partial charge on any atom is -0.507 e. The van der Waals surface area contributed by atoms with Gasteiger partial charge in [-0.05, 0) is 49.1 Å². The summed E-state index contributed by atoms with van der Waals surface area (Å²) in [5.74, 6) is -5.88. The number of nitrogens with one attached hydrogen (secondary N) is 1. The fourth-order valence-corrected chi connectivity index (χ4v) is 4.02. The number of benzene rings is 1. The molecule has 0 spiro atoms. The number of hydrogen-bond donors (Lipinski definition) is 4. The number of phenols is 1. The predicted octanol–water partition coefficient (Wildman–Crippen LogP) is 3.78. The molecule has 0 saturated carbocycles. The highest BCUT2D eigenvalue weighted by atomic mass is 19.4. The van der Waals surface area contributed by atoms with Gasteiger partial charge in [-0.1, -0.05) is 53.2 Å². The first-order valence-corrected chi connectivity index (χ1v) is 13.2. The van der Waals surface area contributed by atoms with Crippen LogP contribution >= 0.6 is 0 Å². The summed E-state index contributed by atoms with van der Waals surface area (Å²) in [6.07, 6.45) is -4.61. The molecule has 0 aromatic heterocycles. The van der Waals surface area contributed by atoms with Crippen LogP contribution in [0.5, 0.6) is 5.75 Å². The molecule has 0 aliphatic heterocycles. The van der Waals surface area contributed by atoms with E-state index in [2.05, 4.69) is 10.2 Å². The van der Waals surface area contributed by atoms with E-state index in [4.69, 9.17) is 5.73 Å². The Kier molecular flexibility index (Phi) is 13.7. The van der Waals surface area contributed by atoms with Gasteiger partial charge in [0, 0.05) is 18.5 Å². The van der Waals surface area contributed by atoms with E-state index in [-0.39, 0.29) is 41.2 Å². The Hall–Kier alpha value is -2.86. The van der Waals surface area contributed by atoms with Crippen LogP contribution in [-0.4, -0.2) is 64.5 Å². The lowest BCUT2D eigenvalue weighted by molar-refractivity contribution is -0.230. The number of carbonyl (C=O) groups is 3. The van der Waals surface area contributed by atoms with Crippen molar-refractivity contribution in [2.24, 2.45) is 29.4 Å². The molecule has 0 bridgehead atoms. The van der Waals surface area contributed by atoms with Crippen LogP contribution in [0.2, 0.25) is 0 Å². The number of halogens is 3. The van der Waals surface area contributed by atoms with Crippen molar-refractivity contribution in [2.75, 3.05) is 13.1 Å². The number of aliphatic hydroxyl groups excluding tert-OH is 1. The molecule has 0 aliphatic carbocycles. The highest BCUT2D eigenvalue weighted by Crippen LogP contribution is 2.27. The van der Waals surface area contributed by atoms with Crippen LogP contribution in [0.1, 0.15) is 70.7 Å². The second kappa shape index (κ2) is 15.7. The fourth-order valence-electron chi connectivity index (χ4n) is 4.02. The first-order chi connectivity index (χ1) is 18.1. The molecule has 5 N–H and O–H groups in total. The Bertz CT molecular complexity index is 942. The van der Waals surface area contributed by atoms with Crippen molar-refractivity contribution in [1.82, 2.24) is 10.4 Å². The molecular weight excluding hydrogens is 519 g/mol. The summed E-state index contributed by atoms with van der Waals surface area (Å²) in [5, 5.41) is 24.0. The Balaban J connectivity index is 3.09. The summed E-state index contributed by atoms with van der Waals surface area (Å²) in [4.78, 5) is 41.7. The number of rotatable bonds is 14. The Morgan fingerprint density at radius 3 is 2.21 bits per heavy atom. The molecule has 4 atom stereocenters. The van der Waals surface area contributed by atoms with Crippen molar-refractivity contribution < 1.29 is 42.6 Å². The lowest BCUT2D eigenvalue weighted by atomic mass is 9.83. The number of hydrogen-bond acceptors (Lipinski definition) is 7. The molecule has 9 nitrogen and oxygen atoms in total. The summed E-state index contributed by atoms with van der Waals surface area (Å²) in [7, 11) is 0. The smallest absolute Gasteiger partial charge is 0.493 e. The van der Waals surface area contributed by atoms with E-state index in [1.165, 1.54) is 24.3 Å². The van der Waals surface area contributed by atoms with Crippen LogP contribution < -0.4 is 11.1 Å². The van der Waals surface area contributed by atoms with E-state index >= 15 is 0 Å². The first kappa shape index (κ1) is 34.2. The summed E-state index contributed by atoms with van der Waals surface area (Å²) in [6.45, 7) is 9.26. The number of hydroxylamine groups is 2. The summed E-state index contributed by atoms with van der Waals surface area (Å²) in [6, 6.07) is 4.29. The van der Waals surface area contributed by atoms with E-state index < -0.39 is 54.3 Å². The quantitative estimate of drug-likeness (QED) is 0.200. The fraction of sp³-hybridized carbons (Fsp3) is 0.667. The Labute approximate surface area is 227 Å². The monoisotopic (exact) mass is 561 g/mol. The van der Waals surface area contributed by atoms with Gasteiger partial charge in [-0.25, -0.2) is 4.79 Å². The third-order valence-corrected chi connectivity index (χ3v) is 6.66. The van der Waals surface area contributed by atoms with Crippen molar-refractivity contribution in [3.8, 4) is 5.75 Å². The third kappa shape index (κ3) is 11.0. The number of carbonyl (C=O) groups excluding carboxylic acids is 3. The zero-order chi connectivity index (χ0) is 29.9. The highest BCUT2D eigenvalue weighted by Gasteiger charge is 2.44. The van der Waals surface area contributed by atoms with Gasteiger partial charge in [-0.15, -0.1) is 0 Å². The minimum absolute atomic E-state index is 0.0508. The van der Waals surface area contributed by atoms with Crippen LogP contribution in [0.25, 0.3) is 0 Å². The van der Waals surface area contributed by atoms with Crippen molar-refractivity contribution in [2.45, 2.75) is 78.6 Å². The minimum atomic E-state index is -5.36. The van der Waals surface area contributed by atoms with Crippen LogP contribution in [0.3, 0.4) is 0 Å². The van der Waals surface area contributed by atoms with Gasteiger partial charge in [-0.3, -0.25) is 9.59 Å². The van der Waals surface area contributed by atoms with Crippen LogP contribution in [0, 0.1) is 23.7 Å². The van der Waals surface area contributed by atoms with Gasteiger partial charge in [0.15, 0.2) is 0 Å². The zero-order valence-electron chi connectivity index (χ0n) is 23.2. The lowest BCUT2D eigenvalue weighted by Crippen LogP contribution is -2.46. The van der Waals surface area contributed by atoms with Gasteiger partial charge in [-0.2, -0.15) is 18.2 Å². The number of alkyl halides is 3. The van der Waals surface area contributed by atoms with Gasteiger partial charge in [0.05, 0.1) is 18.2 Å². The first-order valence-electron chi connectivity index (χ1n) is 13.2. The maximum atomic E-state index is 13.0. The van der Waals surface area contributed by atoms with Crippen molar-refractivity contribution >= 4 is 17.8 Å². The van der Waals surface area contributed by atoms with E-state index in [1.807, 2.05) is 20.8 Å². The SMILES string of the molecule is CCCCNC(=O)[C@@H](C[C@H](O)[C@@H](N)C[C@H](CN(OC(=O)C(F)(F)F)C(=O)c1ccccc1O)C(C)C)C(C)C. The van der Waals surface area contributed by atoms with Crippen molar-refractivity contribution in [3.05, 3.63) is 29.8 Å². The topological polar surface area (TPSA) is 142 Å². The molecule has 0 heterocycles. The third-order valence-electron chi connectivity index (χ3n) is 6.66. The molecule has 0 fully saturated rings. The van der Waals surface area contributed by atoms with Crippen molar-refractivity contribution in [3.63, 3.8) is 0 Å². The molecule has 0 radical (unpaired) electrons. The summed E-state index contributed by atoms with van der Waals surface area (Å²) >= 11 is 0. The number of aromatic hydroxyl groups is 1. The van der Waals surface area contributed by atoms with Crippen LogP contribution in [-0.2, 0) is 14.4 Å². The number of aliphatic hydroxyl groups is 1. The second-order valence-electron chi connectivity index (χ2n) is 10.5. The molecule has 0 unspecified atom stereocenters. The van der Waals surface area contributed by atoms with Gasteiger partial charge in [0.25, 0.3) is 5.91 Å². The largest absolute Gasteiger partial charge is 0.507 e. The van der Waals surface area contributed by atoms with Gasteiger partial charge >= 0.3 is 12.1 Å². The van der Waals surface area contributed by atoms with E-state index in [0.29, 0.717) is 6.54 Å². The van der Waals surface area contributed by atoms with Gasteiger partial charge < -0.3 is 26.1 Å². The molecular formula is C27H42F3N3O6. The van der Waals surface area contributed by atoms with E-state index in [1.54, 1.807) is 13.8 Å². The number of para-hydroxylation sites is 1. The number of amides is 2.